The van der Waals surface area contributed by atoms with E-state index in [0.717, 1.165) is 19.3 Å². The lowest BCUT2D eigenvalue weighted by molar-refractivity contribution is 0.994. The van der Waals surface area contributed by atoms with Crippen LogP contribution in [0.4, 0.5) is 0 Å². The molecule has 1 aliphatic carbocycles. The fourth-order valence-corrected chi connectivity index (χ4v) is 5.50. The molecular formula is C29H41NS. The second kappa shape index (κ2) is 13.2. The van der Waals surface area contributed by atoms with Crippen molar-refractivity contribution in [3.8, 4) is 0 Å². The van der Waals surface area contributed by atoms with Gasteiger partial charge in [0.15, 0.2) is 0 Å². The Morgan fingerprint density at radius 2 is 1.61 bits per heavy atom. The molecule has 0 atom stereocenters. The van der Waals surface area contributed by atoms with Crippen LogP contribution in [0, 0.1) is 0 Å². The topological polar surface area (TPSA) is 15.8 Å². The van der Waals surface area contributed by atoms with Gasteiger partial charge in [-0.05, 0) is 60.1 Å². The maximum absolute atomic E-state index is 4.03. The normalized spacial score (nSPS) is 11.9. The molecule has 1 nitrogen and oxygen atoms in total. The molecular weight excluding hydrogens is 394 g/mol. The van der Waals surface area contributed by atoms with Crippen LogP contribution in [0.15, 0.2) is 37.4 Å². The van der Waals surface area contributed by atoms with Crippen molar-refractivity contribution in [1.82, 2.24) is 4.98 Å². The average Bonchev–Trinajstić information content (AvgIpc) is 3.41. The summed E-state index contributed by atoms with van der Waals surface area (Å²) in [4.78, 5) is 6.32. The van der Waals surface area contributed by atoms with Gasteiger partial charge in [-0.15, -0.1) is 11.3 Å². The Balaban J connectivity index is 0.000000739. The van der Waals surface area contributed by atoms with Gasteiger partial charge in [-0.1, -0.05) is 92.0 Å². The molecule has 0 fully saturated rings. The Morgan fingerprint density at radius 1 is 0.968 bits per heavy atom. The first kappa shape index (κ1) is 26.7. The van der Waals surface area contributed by atoms with E-state index in [1.807, 2.05) is 65.0 Å². The quantitative estimate of drug-likeness (QED) is 0.419. The average molecular weight is 436 g/mol. The van der Waals surface area contributed by atoms with Crippen LogP contribution < -0.4 is 0 Å². The van der Waals surface area contributed by atoms with Crippen LogP contribution in [0.1, 0.15) is 93.9 Å². The molecule has 0 spiro atoms. The Labute approximate surface area is 194 Å². The number of H-pyrrole nitrogens is 1. The van der Waals surface area contributed by atoms with Crippen molar-refractivity contribution in [3.05, 3.63) is 69.6 Å². The van der Waals surface area contributed by atoms with Crippen molar-refractivity contribution in [2.24, 2.45) is 0 Å². The van der Waals surface area contributed by atoms with E-state index in [2.05, 4.69) is 56.3 Å². The summed E-state index contributed by atoms with van der Waals surface area (Å²) < 4.78 is 0. The van der Waals surface area contributed by atoms with E-state index in [9.17, 15) is 0 Å². The summed E-state index contributed by atoms with van der Waals surface area (Å²) in [5.41, 5.74) is 9.59. The molecule has 0 bridgehead atoms. The zero-order valence-electron chi connectivity index (χ0n) is 20.9. The van der Waals surface area contributed by atoms with E-state index in [1.54, 1.807) is 0 Å². The van der Waals surface area contributed by atoms with Gasteiger partial charge in [-0.2, -0.15) is 0 Å². The second-order valence-electron chi connectivity index (χ2n) is 6.58. The highest BCUT2D eigenvalue weighted by Crippen LogP contribution is 2.44. The third kappa shape index (κ3) is 5.13. The number of aromatic amines is 1. The minimum atomic E-state index is 1.03. The first-order chi connectivity index (χ1) is 15.2. The van der Waals surface area contributed by atoms with Crippen LogP contribution in [-0.4, -0.2) is 4.98 Å². The molecule has 0 unspecified atom stereocenters. The van der Waals surface area contributed by atoms with E-state index in [4.69, 9.17) is 0 Å². The van der Waals surface area contributed by atoms with Crippen LogP contribution in [0.5, 0.6) is 0 Å². The number of hydrogen-bond acceptors (Lipinski definition) is 1. The number of rotatable bonds is 4. The number of nitrogens with one attached hydrogen (secondary N) is 1. The van der Waals surface area contributed by atoms with Gasteiger partial charge >= 0.3 is 0 Å². The molecule has 31 heavy (non-hydrogen) atoms. The van der Waals surface area contributed by atoms with E-state index in [1.165, 1.54) is 54.2 Å². The van der Waals surface area contributed by atoms with Gasteiger partial charge in [0.1, 0.15) is 0 Å². The van der Waals surface area contributed by atoms with Crippen molar-refractivity contribution < 1.29 is 0 Å². The van der Waals surface area contributed by atoms with E-state index < -0.39 is 0 Å². The van der Waals surface area contributed by atoms with Crippen molar-refractivity contribution in [3.63, 3.8) is 0 Å². The van der Waals surface area contributed by atoms with Crippen LogP contribution in [0.3, 0.4) is 0 Å². The Morgan fingerprint density at radius 3 is 2.19 bits per heavy atom. The van der Waals surface area contributed by atoms with Gasteiger partial charge in [0.2, 0.25) is 0 Å². The molecule has 1 aliphatic rings. The smallest absolute Gasteiger partial charge is 0.0461 e. The lowest BCUT2D eigenvalue weighted by atomic mass is 9.87. The highest BCUT2D eigenvalue weighted by molar-refractivity contribution is 7.14. The molecule has 2 heteroatoms. The number of aryl methyl sites for hydroxylation is 1. The molecule has 2 aromatic heterocycles. The summed E-state index contributed by atoms with van der Waals surface area (Å²) >= 11 is 1.87. The summed E-state index contributed by atoms with van der Waals surface area (Å²) in [5, 5.41) is 1.37. The summed E-state index contributed by atoms with van der Waals surface area (Å²) in [5.74, 6) is 0. The number of allylic oxidation sites excluding steroid dienone is 2. The number of benzene rings is 1. The molecule has 0 amide bonds. The molecule has 0 aliphatic heterocycles. The highest BCUT2D eigenvalue weighted by Gasteiger charge is 2.24. The maximum atomic E-state index is 4.03. The minimum Gasteiger partial charge on any atom is -0.355 e. The predicted molar refractivity (Wildman–Crippen MR) is 147 cm³/mol. The van der Waals surface area contributed by atoms with Crippen molar-refractivity contribution in [2.45, 2.75) is 74.7 Å². The summed E-state index contributed by atoms with van der Waals surface area (Å²) in [7, 11) is 0. The molecule has 0 radical (unpaired) electrons. The van der Waals surface area contributed by atoms with Gasteiger partial charge in [-0.25, -0.2) is 0 Å². The molecule has 1 aromatic carbocycles. The fourth-order valence-electron chi connectivity index (χ4n) is 4.12. The first-order valence-electron chi connectivity index (χ1n) is 11.9. The van der Waals surface area contributed by atoms with Crippen LogP contribution in [0.2, 0.25) is 0 Å². The number of para-hydroxylation sites is 1. The zero-order valence-corrected chi connectivity index (χ0v) is 21.7. The monoisotopic (exact) mass is 435 g/mol. The zero-order chi connectivity index (χ0) is 23.6. The van der Waals surface area contributed by atoms with Crippen LogP contribution in [0.25, 0.3) is 34.2 Å². The van der Waals surface area contributed by atoms with E-state index >= 15 is 0 Å². The minimum absolute atomic E-state index is 1.03. The van der Waals surface area contributed by atoms with Crippen molar-refractivity contribution in [1.29, 1.82) is 0 Å². The lowest BCUT2D eigenvalue weighted by Crippen LogP contribution is -2.02. The molecule has 168 valence electrons. The summed E-state index contributed by atoms with van der Waals surface area (Å²) in [6.45, 7) is 24.5. The van der Waals surface area contributed by atoms with Crippen LogP contribution in [-0.2, 0) is 12.8 Å². The standard InChI is InChI=1S/C23H23NS.3C2H6/c1-5-15-16(6-2)23(25-21(15)7-3)17-12-13-19-18-10-8-9-11-20(18)24-22(19)14(17)4;3*1-2/h5,7-11,24H,1,3,6,12-13H2,2,4H3;3*1-2H3. The predicted octanol–water partition coefficient (Wildman–Crippen LogP) is 10.0. The lowest BCUT2D eigenvalue weighted by Gasteiger charge is -2.19. The Bertz CT molecular complexity index is 1030. The van der Waals surface area contributed by atoms with E-state index in [-0.39, 0.29) is 0 Å². The summed E-state index contributed by atoms with van der Waals surface area (Å²) in [6.07, 6.45) is 7.18. The molecule has 4 rings (SSSR count). The first-order valence-corrected chi connectivity index (χ1v) is 12.7. The van der Waals surface area contributed by atoms with Gasteiger partial charge in [0.25, 0.3) is 0 Å². The Kier molecular flexibility index (Phi) is 11.3. The third-order valence-corrected chi connectivity index (χ3v) is 6.66. The second-order valence-corrected chi connectivity index (χ2v) is 7.63. The largest absolute Gasteiger partial charge is 0.355 e. The SMILES string of the molecule is C=Cc1sc(C2=C(C)c3[nH]c4ccccc4c3CC2)c(CC)c1C=C.CC.CC.CC. The van der Waals surface area contributed by atoms with Gasteiger partial charge < -0.3 is 4.98 Å². The highest BCUT2D eigenvalue weighted by atomic mass is 32.1. The molecule has 2 heterocycles. The van der Waals surface area contributed by atoms with E-state index in [0.29, 0.717) is 0 Å². The molecule has 0 saturated carbocycles. The maximum Gasteiger partial charge on any atom is 0.0461 e. The molecule has 1 N–H and O–H groups in total. The summed E-state index contributed by atoms with van der Waals surface area (Å²) in [6, 6.07) is 8.64. The number of fused-ring (bicyclic) bond motifs is 3. The van der Waals surface area contributed by atoms with Crippen LogP contribution >= 0.6 is 11.3 Å². The van der Waals surface area contributed by atoms with Crippen molar-refractivity contribution in [2.75, 3.05) is 0 Å². The fraction of sp³-hybridized carbons (Fsp3) is 0.379. The van der Waals surface area contributed by atoms with Gasteiger partial charge in [-0.3, -0.25) is 0 Å². The third-order valence-electron chi connectivity index (χ3n) is 5.36. The number of thiophene rings is 1. The van der Waals surface area contributed by atoms with Gasteiger partial charge in [0, 0.05) is 26.4 Å². The van der Waals surface area contributed by atoms with Crippen molar-refractivity contribution >= 4 is 45.5 Å². The van der Waals surface area contributed by atoms with Gasteiger partial charge in [0.05, 0.1) is 0 Å². The number of aromatic nitrogens is 1. The molecule has 3 aromatic rings. The molecule has 0 saturated heterocycles. The Hall–Kier alpha value is -2.32. The number of hydrogen-bond donors (Lipinski definition) is 1.